The first-order chi connectivity index (χ1) is 6.60. The second-order valence-electron chi connectivity index (χ2n) is 4.80. The molecule has 0 aromatic carbocycles. The van der Waals surface area contributed by atoms with Crippen molar-refractivity contribution in [1.82, 2.24) is 0 Å². The van der Waals surface area contributed by atoms with Gasteiger partial charge in [-0.3, -0.25) is 4.79 Å². The smallest absolute Gasteiger partial charge is 0.303 e. The molecule has 1 atom stereocenters. The summed E-state index contributed by atoms with van der Waals surface area (Å²) in [5.74, 6) is -0.0638. The quantitative estimate of drug-likeness (QED) is 0.751. The van der Waals surface area contributed by atoms with E-state index in [0.29, 0.717) is 12.3 Å². The molecule has 2 heteroatoms. The van der Waals surface area contributed by atoms with Crippen molar-refractivity contribution in [3.8, 4) is 0 Å². The predicted molar refractivity (Wildman–Crippen MR) is 57.2 cm³/mol. The van der Waals surface area contributed by atoms with Gasteiger partial charge in [0.2, 0.25) is 0 Å². The van der Waals surface area contributed by atoms with Crippen LogP contribution < -0.4 is 0 Å². The van der Waals surface area contributed by atoms with Crippen molar-refractivity contribution in [2.75, 3.05) is 0 Å². The monoisotopic (exact) mass is 198 g/mol. The highest BCUT2D eigenvalue weighted by Gasteiger charge is 2.38. The van der Waals surface area contributed by atoms with E-state index < -0.39 is 5.97 Å². The number of carboxylic acids is 1. The third kappa shape index (κ3) is 2.49. The average Bonchev–Trinajstić information content (AvgIpc) is 2.17. The number of hydrogen-bond acceptors (Lipinski definition) is 1. The molecule has 0 heterocycles. The first-order valence-corrected chi connectivity index (χ1v) is 5.82. The van der Waals surface area contributed by atoms with Crippen molar-refractivity contribution in [3.05, 3.63) is 0 Å². The summed E-state index contributed by atoms with van der Waals surface area (Å²) < 4.78 is 0. The van der Waals surface area contributed by atoms with Crippen molar-refractivity contribution in [2.24, 2.45) is 11.3 Å². The van der Waals surface area contributed by atoms with E-state index in [1.807, 2.05) is 0 Å². The molecule has 0 radical (unpaired) electrons. The maximum absolute atomic E-state index is 10.9. The van der Waals surface area contributed by atoms with Gasteiger partial charge in [-0.25, -0.2) is 0 Å². The molecule has 1 saturated carbocycles. The van der Waals surface area contributed by atoms with Crippen molar-refractivity contribution in [1.29, 1.82) is 0 Å². The Morgan fingerprint density at radius 3 is 2.36 bits per heavy atom. The molecule has 0 amide bonds. The molecule has 0 aliphatic heterocycles. The van der Waals surface area contributed by atoms with E-state index in [-0.39, 0.29) is 5.41 Å². The summed E-state index contributed by atoms with van der Waals surface area (Å²) in [6, 6.07) is 0. The highest BCUT2D eigenvalue weighted by molar-refractivity contribution is 5.67. The molecule has 0 spiro atoms. The minimum atomic E-state index is -0.618. The summed E-state index contributed by atoms with van der Waals surface area (Å²) >= 11 is 0. The van der Waals surface area contributed by atoms with Gasteiger partial charge in [-0.2, -0.15) is 0 Å². The van der Waals surface area contributed by atoms with Crippen molar-refractivity contribution < 1.29 is 9.90 Å². The number of carbonyl (C=O) groups is 1. The molecule has 0 aromatic heterocycles. The fourth-order valence-corrected chi connectivity index (χ4v) is 2.83. The van der Waals surface area contributed by atoms with Crippen LogP contribution in [-0.2, 0) is 4.79 Å². The van der Waals surface area contributed by atoms with E-state index in [1.165, 1.54) is 19.3 Å². The third-order valence-corrected chi connectivity index (χ3v) is 4.01. The van der Waals surface area contributed by atoms with Crippen LogP contribution in [0, 0.1) is 11.3 Å². The molecule has 1 unspecified atom stereocenters. The zero-order valence-corrected chi connectivity index (χ0v) is 9.38. The fraction of sp³-hybridized carbons (Fsp3) is 0.917. The molecule has 1 fully saturated rings. The Kier molecular flexibility index (Phi) is 3.97. The highest BCUT2D eigenvalue weighted by Crippen LogP contribution is 2.46. The third-order valence-electron chi connectivity index (χ3n) is 4.01. The van der Waals surface area contributed by atoms with Gasteiger partial charge >= 0.3 is 5.97 Å². The maximum Gasteiger partial charge on any atom is 0.303 e. The second kappa shape index (κ2) is 4.81. The van der Waals surface area contributed by atoms with E-state index in [4.69, 9.17) is 5.11 Å². The minimum absolute atomic E-state index is 0.110. The standard InChI is InChI=1S/C12H22O2/c1-3-10(2)12(9-11(13)14)7-5-4-6-8-12/h10H,3-9H2,1-2H3,(H,13,14). The zero-order valence-electron chi connectivity index (χ0n) is 9.38. The van der Waals surface area contributed by atoms with Gasteiger partial charge in [-0.15, -0.1) is 0 Å². The van der Waals surface area contributed by atoms with Gasteiger partial charge in [-0.1, -0.05) is 39.5 Å². The topological polar surface area (TPSA) is 37.3 Å². The van der Waals surface area contributed by atoms with Gasteiger partial charge < -0.3 is 5.11 Å². The molecule has 1 N–H and O–H groups in total. The Morgan fingerprint density at radius 1 is 1.36 bits per heavy atom. The number of rotatable bonds is 4. The first-order valence-electron chi connectivity index (χ1n) is 5.82. The molecular weight excluding hydrogens is 176 g/mol. The highest BCUT2D eigenvalue weighted by atomic mass is 16.4. The van der Waals surface area contributed by atoms with Crippen LogP contribution in [0.1, 0.15) is 58.8 Å². The fourth-order valence-electron chi connectivity index (χ4n) is 2.83. The van der Waals surface area contributed by atoms with Crippen molar-refractivity contribution in [2.45, 2.75) is 58.8 Å². The van der Waals surface area contributed by atoms with Crippen LogP contribution in [0.4, 0.5) is 0 Å². The first kappa shape index (κ1) is 11.5. The largest absolute Gasteiger partial charge is 0.481 e. The average molecular weight is 198 g/mol. The minimum Gasteiger partial charge on any atom is -0.481 e. The number of hydrogen-bond donors (Lipinski definition) is 1. The summed E-state index contributed by atoms with van der Waals surface area (Å²) in [5.41, 5.74) is 0.110. The van der Waals surface area contributed by atoms with Gasteiger partial charge in [0.1, 0.15) is 0 Å². The number of aliphatic carboxylic acids is 1. The van der Waals surface area contributed by atoms with Gasteiger partial charge in [0.25, 0.3) is 0 Å². The molecule has 0 saturated heterocycles. The lowest BCUT2D eigenvalue weighted by Gasteiger charge is -2.41. The Labute approximate surface area is 86.7 Å². The van der Waals surface area contributed by atoms with Gasteiger partial charge in [0.15, 0.2) is 0 Å². The molecule has 82 valence electrons. The Bertz CT molecular complexity index is 192. The lowest BCUT2D eigenvalue weighted by atomic mass is 9.64. The van der Waals surface area contributed by atoms with E-state index in [2.05, 4.69) is 13.8 Å². The second-order valence-corrected chi connectivity index (χ2v) is 4.80. The Balaban J connectivity index is 2.71. The molecule has 1 aliphatic rings. The van der Waals surface area contributed by atoms with Gasteiger partial charge in [-0.05, 0) is 24.2 Å². The molecule has 1 rings (SSSR count). The van der Waals surface area contributed by atoms with Crippen molar-refractivity contribution in [3.63, 3.8) is 0 Å². The predicted octanol–water partition coefficient (Wildman–Crippen LogP) is 3.46. The molecule has 14 heavy (non-hydrogen) atoms. The summed E-state index contributed by atoms with van der Waals surface area (Å²) in [7, 11) is 0. The van der Waals surface area contributed by atoms with E-state index >= 15 is 0 Å². The SMILES string of the molecule is CCC(C)C1(CC(=O)O)CCCCC1. The van der Waals surface area contributed by atoms with E-state index in [1.54, 1.807) is 0 Å². The normalized spacial score (nSPS) is 23.0. The van der Waals surface area contributed by atoms with Gasteiger partial charge in [0, 0.05) is 0 Å². The van der Waals surface area contributed by atoms with Crippen LogP contribution in [0.2, 0.25) is 0 Å². The van der Waals surface area contributed by atoms with Gasteiger partial charge in [0.05, 0.1) is 6.42 Å². The molecule has 0 aromatic rings. The molecule has 2 nitrogen and oxygen atoms in total. The zero-order chi connectivity index (χ0) is 10.6. The van der Waals surface area contributed by atoms with Crippen LogP contribution in [-0.4, -0.2) is 11.1 Å². The summed E-state index contributed by atoms with van der Waals surface area (Å²) in [4.78, 5) is 10.9. The number of carboxylic acid groups (broad SMARTS) is 1. The Morgan fingerprint density at radius 2 is 1.93 bits per heavy atom. The van der Waals surface area contributed by atoms with E-state index in [0.717, 1.165) is 19.3 Å². The molecule has 1 aliphatic carbocycles. The van der Waals surface area contributed by atoms with Crippen LogP contribution >= 0.6 is 0 Å². The summed E-state index contributed by atoms with van der Waals surface area (Å²) in [6.45, 7) is 4.39. The van der Waals surface area contributed by atoms with Crippen LogP contribution in [0.25, 0.3) is 0 Å². The van der Waals surface area contributed by atoms with Crippen LogP contribution in [0.3, 0.4) is 0 Å². The van der Waals surface area contributed by atoms with Crippen molar-refractivity contribution >= 4 is 5.97 Å². The van der Waals surface area contributed by atoms with Crippen LogP contribution in [0.15, 0.2) is 0 Å². The lowest BCUT2D eigenvalue weighted by molar-refractivity contribution is -0.141. The lowest BCUT2D eigenvalue weighted by Crippen LogP contribution is -2.33. The maximum atomic E-state index is 10.9. The molecular formula is C12H22O2. The Hall–Kier alpha value is -0.530. The summed E-state index contributed by atoms with van der Waals surface area (Å²) in [6.07, 6.45) is 7.45. The van der Waals surface area contributed by atoms with E-state index in [9.17, 15) is 4.79 Å². The molecule has 0 bridgehead atoms. The van der Waals surface area contributed by atoms with Crippen LogP contribution in [0.5, 0.6) is 0 Å². The summed E-state index contributed by atoms with van der Waals surface area (Å²) in [5, 5.41) is 8.98.